The Bertz CT molecular complexity index is 939. The predicted octanol–water partition coefficient (Wildman–Crippen LogP) is 2.01. The van der Waals surface area contributed by atoms with Crippen molar-refractivity contribution in [2.45, 2.75) is 50.0 Å². The Morgan fingerprint density at radius 1 is 0.875 bits per heavy atom. The molecule has 0 radical (unpaired) electrons. The third kappa shape index (κ3) is 5.10. The van der Waals surface area contributed by atoms with Gasteiger partial charge in [0.25, 0.3) is 0 Å². The van der Waals surface area contributed by atoms with Crippen molar-refractivity contribution < 1.29 is 19.1 Å². The number of rotatable bonds is 0. The van der Waals surface area contributed by atoms with Crippen molar-refractivity contribution in [3.63, 3.8) is 0 Å². The highest BCUT2D eigenvalue weighted by molar-refractivity contribution is 5.92. The number of nitrogens with one attached hydrogen (secondary N) is 3. The molecule has 3 N–H and O–H groups in total. The van der Waals surface area contributed by atoms with Gasteiger partial charge in [-0.2, -0.15) is 0 Å². The van der Waals surface area contributed by atoms with Crippen LogP contribution >= 0.6 is 0 Å². The quantitative estimate of drug-likeness (QED) is 0.577. The molecule has 7 heteroatoms. The van der Waals surface area contributed by atoms with Crippen LogP contribution in [0.4, 0.5) is 0 Å². The number of ketones is 1. The number of amides is 2. The van der Waals surface area contributed by atoms with Crippen molar-refractivity contribution >= 4 is 23.7 Å². The van der Waals surface area contributed by atoms with Crippen LogP contribution in [-0.4, -0.2) is 49.9 Å². The first-order valence-corrected chi connectivity index (χ1v) is 11.5. The van der Waals surface area contributed by atoms with Crippen LogP contribution in [-0.2, 0) is 19.8 Å². The normalized spacial score (nSPS) is 29.1. The number of hydrogen-bond acceptors (Lipinski definition) is 5. The van der Waals surface area contributed by atoms with Crippen molar-refractivity contribution in [2.75, 3.05) is 26.2 Å². The fourth-order valence-corrected chi connectivity index (χ4v) is 4.66. The summed E-state index contributed by atoms with van der Waals surface area (Å²) in [6.45, 7) is 2.97. The second-order valence-electron chi connectivity index (χ2n) is 8.70. The molecule has 1 aliphatic carbocycles. The van der Waals surface area contributed by atoms with Gasteiger partial charge < -0.3 is 20.7 Å². The van der Waals surface area contributed by atoms with Gasteiger partial charge in [-0.05, 0) is 68.6 Å². The molecule has 1 aromatic carbocycles. The highest BCUT2D eigenvalue weighted by Crippen LogP contribution is 2.51. The van der Waals surface area contributed by atoms with Crippen molar-refractivity contribution in [2.24, 2.45) is 0 Å². The van der Waals surface area contributed by atoms with E-state index in [9.17, 15) is 14.4 Å². The first-order chi connectivity index (χ1) is 15.6. The van der Waals surface area contributed by atoms with Crippen LogP contribution in [0.1, 0.15) is 49.7 Å². The molecule has 1 saturated carbocycles. The first-order valence-electron chi connectivity index (χ1n) is 11.5. The standard InChI is InChI=1S/C25H31N3O4/c29-19-8-10-25-11-9-24(31)27-14-2-1-12-26-13-3-15-28-23(30)7-5-18-4-6-21(20(25)16-18)32-22(25)17-19/h4-7,9,11,16,22,26H,1-3,8,10,12-15,17H2,(H,27,31)(H,28,30)/b7-5+,11-9+. The molecule has 4 rings (SSSR count). The Kier molecular flexibility index (Phi) is 7.05. The van der Waals surface area contributed by atoms with Gasteiger partial charge in [-0.3, -0.25) is 14.4 Å². The molecule has 7 nitrogen and oxygen atoms in total. The molecule has 3 aliphatic rings. The van der Waals surface area contributed by atoms with Gasteiger partial charge in [0.1, 0.15) is 17.6 Å². The lowest BCUT2D eigenvalue weighted by Gasteiger charge is -2.35. The Labute approximate surface area is 188 Å². The SMILES string of the molecule is O=C1CCC23/C=C/C(=O)NCCCCNCCCNC(=O)/C=C/c4ccc(c2c4)OC3C1. The molecule has 0 saturated heterocycles. The third-order valence-electron chi connectivity index (χ3n) is 6.45. The van der Waals surface area contributed by atoms with Gasteiger partial charge in [0.05, 0.1) is 5.41 Å². The number of carbonyl (C=O) groups excluding carboxylic acids is 3. The molecule has 2 bridgehead atoms. The summed E-state index contributed by atoms with van der Waals surface area (Å²) in [4.78, 5) is 36.8. The third-order valence-corrected chi connectivity index (χ3v) is 6.45. The van der Waals surface area contributed by atoms with Crippen LogP contribution in [0.25, 0.3) is 6.08 Å². The summed E-state index contributed by atoms with van der Waals surface area (Å²) in [6, 6.07) is 5.81. The van der Waals surface area contributed by atoms with Gasteiger partial charge in [-0.25, -0.2) is 0 Å². The largest absolute Gasteiger partial charge is 0.488 e. The molecular weight excluding hydrogens is 406 g/mol. The lowest BCUT2D eigenvalue weighted by Crippen LogP contribution is -2.42. The zero-order chi connectivity index (χ0) is 22.4. The van der Waals surface area contributed by atoms with Crippen LogP contribution < -0.4 is 20.7 Å². The molecule has 2 atom stereocenters. The first kappa shape index (κ1) is 22.3. The number of carbonyl (C=O) groups is 3. The summed E-state index contributed by atoms with van der Waals surface area (Å²) >= 11 is 0. The summed E-state index contributed by atoms with van der Waals surface area (Å²) in [5, 5.41) is 9.23. The van der Waals surface area contributed by atoms with Crippen molar-refractivity contribution in [3.8, 4) is 5.75 Å². The predicted molar refractivity (Wildman–Crippen MR) is 122 cm³/mol. The number of benzene rings is 1. The Morgan fingerprint density at radius 2 is 1.62 bits per heavy atom. The highest BCUT2D eigenvalue weighted by Gasteiger charge is 2.50. The zero-order valence-corrected chi connectivity index (χ0v) is 18.3. The summed E-state index contributed by atoms with van der Waals surface area (Å²) in [7, 11) is 0. The van der Waals surface area contributed by atoms with Crippen LogP contribution in [0.3, 0.4) is 0 Å². The minimum absolute atomic E-state index is 0.122. The van der Waals surface area contributed by atoms with Gasteiger partial charge in [-0.15, -0.1) is 0 Å². The molecule has 1 fully saturated rings. The van der Waals surface area contributed by atoms with Crippen molar-refractivity contribution in [1.29, 1.82) is 0 Å². The zero-order valence-electron chi connectivity index (χ0n) is 18.3. The van der Waals surface area contributed by atoms with E-state index < -0.39 is 5.41 Å². The maximum atomic E-state index is 12.5. The fourth-order valence-electron chi connectivity index (χ4n) is 4.66. The van der Waals surface area contributed by atoms with Crippen LogP contribution in [0, 0.1) is 0 Å². The maximum Gasteiger partial charge on any atom is 0.243 e. The van der Waals surface area contributed by atoms with Gasteiger partial charge in [0.15, 0.2) is 0 Å². The fraction of sp³-hybridized carbons (Fsp3) is 0.480. The average molecular weight is 438 g/mol. The van der Waals surface area contributed by atoms with E-state index in [-0.39, 0.29) is 23.7 Å². The van der Waals surface area contributed by atoms with E-state index in [2.05, 4.69) is 16.0 Å². The molecule has 2 amide bonds. The Hall–Kier alpha value is -2.93. The number of hydrogen-bond donors (Lipinski definition) is 3. The minimum Gasteiger partial charge on any atom is -0.488 e. The maximum absolute atomic E-state index is 12.5. The van der Waals surface area contributed by atoms with Crippen molar-refractivity contribution in [1.82, 2.24) is 16.0 Å². The molecule has 2 heterocycles. The molecule has 1 aromatic rings. The molecular formula is C25H31N3O4. The summed E-state index contributed by atoms with van der Waals surface area (Å²) in [5.41, 5.74) is 1.34. The Balaban J connectivity index is 1.62. The van der Waals surface area contributed by atoms with Crippen LogP contribution in [0.15, 0.2) is 36.4 Å². The van der Waals surface area contributed by atoms with E-state index in [1.807, 2.05) is 24.3 Å². The van der Waals surface area contributed by atoms with E-state index in [0.717, 1.165) is 49.2 Å². The lowest BCUT2D eigenvalue weighted by molar-refractivity contribution is -0.123. The number of fused-ring (bicyclic) bond motifs is 1. The molecule has 0 aromatic heterocycles. The summed E-state index contributed by atoms with van der Waals surface area (Å²) < 4.78 is 6.16. The number of ether oxygens (including phenoxy) is 1. The molecule has 170 valence electrons. The van der Waals surface area contributed by atoms with E-state index in [1.165, 1.54) is 0 Å². The smallest absolute Gasteiger partial charge is 0.243 e. The van der Waals surface area contributed by atoms with E-state index in [4.69, 9.17) is 4.74 Å². The van der Waals surface area contributed by atoms with Gasteiger partial charge in [0.2, 0.25) is 11.8 Å². The summed E-state index contributed by atoms with van der Waals surface area (Å²) in [6.07, 6.45) is 10.7. The van der Waals surface area contributed by atoms with E-state index >= 15 is 0 Å². The molecule has 2 unspecified atom stereocenters. The topological polar surface area (TPSA) is 96.5 Å². The molecule has 2 aliphatic heterocycles. The van der Waals surface area contributed by atoms with Crippen LogP contribution in [0.2, 0.25) is 0 Å². The van der Waals surface area contributed by atoms with Crippen molar-refractivity contribution in [3.05, 3.63) is 47.6 Å². The van der Waals surface area contributed by atoms with E-state index in [1.54, 1.807) is 18.2 Å². The summed E-state index contributed by atoms with van der Waals surface area (Å²) in [5.74, 6) is 0.677. The monoisotopic (exact) mass is 437 g/mol. The van der Waals surface area contributed by atoms with Gasteiger partial charge in [0, 0.05) is 37.6 Å². The lowest BCUT2D eigenvalue weighted by atomic mass is 9.68. The highest BCUT2D eigenvalue weighted by atomic mass is 16.5. The second-order valence-corrected chi connectivity index (χ2v) is 8.70. The van der Waals surface area contributed by atoms with E-state index in [0.29, 0.717) is 32.4 Å². The van der Waals surface area contributed by atoms with Gasteiger partial charge >= 0.3 is 0 Å². The number of Topliss-reactive ketones (excluding diaryl/α,β-unsaturated/α-hetero) is 1. The Morgan fingerprint density at radius 3 is 2.50 bits per heavy atom. The average Bonchev–Trinajstić information content (AvgIpc) is 3.10. The van der Waals surface area contributed by atoms with Crippen LogP contribution in [0.5, 0.6) is 5.75 Å². The molecule has 1 spiro atoms. The molecule has 32 heavy (non-hydrogen) atoms. The second kappa shape index (κ2) is 10.1. The van der Waals surface area contributed by atoms with Gasteiger partial charge in [-0.1, -0.05) is 12.1 Å². The minimum atomic E-state index is -0.516.